The van der Waals surface area contributed by atoms with Crippen LogP contribution < -0.4 is 4.90 Å². The van der Waals surface area contributed by atoms with Gasteiger partial charge in [0.05, 0.1) is 28.4 Å². The topological polar surface area (TPSA) is 57.7 Å². The first-order chi connectivity index (χ1) is 17.1. The molecule has 2 fully saturated rings. The molecule has 2 saturated heterocycles. The molecule has 5 nitrogen and oxygen atoms in total. The second kappa shape index (κ2) is 7.48. The van der Waals surface area contributed by atoms with Gasteiger partial charge in [-0.2, -0.15) is 0 Å². The first-order valence-electron chi connectivity index (χ1n) is 11.6. The van der Waals surface area contributed by atoms with Gasteiger partial charge in [-0.25, -0.2) is 4.90 Å². The highest BCUT2D eigenvalue weighted by molar-refractivity contribution is 7.12. The van der Waals surface area contributed by atoms with Crippen molar-refractivity contribution in [3.63, 3.8) is 0 Å². The van der Waals surface area contributed by atoms with Crippen molar-refractivity contribution in [2.75, 3.05) is 4.90 Å². The molecule has 170 valence electrons. The molecule has 0 bridgehead atoms. The molecule has 0 unspecified atom stereocenters. The number of Topliss-reactive ketones (excluding diaryl/α,β-unsaturated/α-hetero) is 1. The normalized spacial score (nSPS) is 24.6. The molecule has 4 atom stereocenters. The van der Waals surface area contributed by atoms with Crippen LogP contribution in [0.3, 0.4) is 0 Å². The minimum atomic E-state index is -0.753. The van der Waals surface area contributed by atoms with Gasteiger partial charge >= 0.3 is 0 Å². The number of amides is 2. The summed E-state index contributed by atoms with van der Waals surface area (Å²) in [5.74, 6) is -2.04. The van der Waals surface area contributed by atoms with Gasteiger partial charge in [0.1, 0.15) is 6.04 Å². The molecule has 0 radical (unpaired) electrons. The van der Waals surface area contributed by atoms with Crippen LogP contribution in [0.1, 0.15) is 26.8 Å². The molecule has 0 aliphatic carbocycles. The molecule has 7 rings (SSSR count). The van der Waals surface area contributed by atoms with Gasteiger partial charge in [-0.05, 0) is 40.1 Å². The van der Waals surface area contributed by atoms with E-state index in [1.807, 2.05) is 95.4 Å². The molecule has 0 N–H and O–H groups in total. The molecular formula is C29H20N2O3S. The number of ketones is 1. The Morgan fingerprint density at radius 2 is 1.57 bits per heavy atom. The van der Waals surface area contributed by atoms with E-state index in [9.17, 15) is 14.4 Å². The minimum Gasteiger partial charge on any atom is -0.358 e. The van der Waals surface area contributed by atoms with E-state index in [-0.39, 0.29) is 23.6 Å². The van der Waals surface area contributed by atoms with Gasteiger partial charge in [0.2, 0.25) is 11.8 Å². The van der Waals surface area contributed by atoms with Crippen molar-refractivity contribution in [3.8, 4) is 0 Å². The summed E-state index contributed by atoms with van der Waals surface area (Å²) in [6, 6.07) is 23.9. The van der Waals surface area contributed by atoms with E-state index >= 15 is 0 Å². The lowest BCUT2D eigenvalue weighted by atomic mass is 9.84. The molecule has 3 aliphatic heterocycles. The number of carbonyl (C=O) groups is 3. The summed E-state index contributed by atoms with van der Waals surface area (Å²) in [6.45, 7) is 0. The van der Waals surface area contributed by atoms with Gasteiger partial charge in [0, 0.05) is 11.6 Å². The third-order valence-corrected chi connectivity index (χ3v) is 8.39. The van der Waals surface area contributed by atoms with E-state index in [0.29, 0.717) is 10.6 Å². The standard InChI is InChI=1S/C29H20N2O3S/c32-27(22-13-6-16-35-22)26-24-23(25-20-11-4-2-8-18(20)14-15-30(25)26)28(33)31(29(24)34)21-12-5-9-17-7-1-3-10-19(17)21/h1-16,23-26H/t23-,24+,25+,26-/m0/s1. The zero-order valence-corrected chi connectivity index (χ0v) is 19.4. The van der Waals surface area contributed by atoms with Crippen molar-refractivity contribution >= 4 is 51.5 Å². The first-order valence-corrected chi connectivity index (χ1v) is 12.5. The van der Waals surface area contributed by atoms with Crippen LogP contribution in [0.2, 0.25) is 0 Å². The maximum atomic E-state index is 14.1. The second-order valence-corrected chi connectivity index (χ2v) is 10.1. The Morgan fingerprint density at radius 3 is 2.43 bits per heavy atom. The average molecular weight is 477 g/mol. The highest BCUT2D eigenvalue weighted by Gasteiger charge is 2.64. The lowest BCUT2D eigenvalue weighted by Crippen LogP contribution is -2.44. The van der Waals surface area contributed by atoms with Crippen molar-refractivity contribution in [3.05, 3.63) is 106 Å². The van der Waals surface area contributed by atoms with Gasteiger partial charge in [-0.3, -0.25) is 14.4 Å². The van der Waals surface area contributed by atoms with Gasteiger partial charge < -0.3 is 4.90 Å². The fourth-order valence-corrected chi connectivity index (χ4v) is 6.76. The number of rotatable bonds is 3. The fourth-order valence-electron chi connectivity index (χ4n) is 6.06. The van der Waals surface area contributed by atoms with Crippen LogP contribution in [0.15, 0.2) is 90.4 Å². The number of benzene rings is 3. The Morgan fingerprint density at radius 1 is 0.800 bits per heavy atom. The lowest BCUT2D eigenvalue weighted by Gasteiger charge is -2.35. The summed E-state index contributed by atoms with van der Waals surface area (Å²) in [7, 11) is 0. The lowest BCUT2D eigenvalue weighted by molar-refractivity contribution is -0.123. The van der Waals surface area contributed by atoms with E-state index in [2.05, 4.69) is 0 Å². The summed E-state index contributed by atoms with van der Waals surface area (Å²) in [4.78, 5) is 45.9. The van der Waals surface area contributed by atoms with Gasteiger partial charge in [0.25, 0.3) is 0 Å². The van der Waals surface area contributed by atoms with E-state index in [1.54, 1.807) is 6.07 Å². The van der Waals surface area contributed by atoms with Crippen LogP contribution in [-0.2, 0) is 9.59 Å². The van der Waals surface area contributed by atoms with Crippen molar-refractivity contribution in [2.45, 2.75) is 12.1 Å². The number of fused-ring (bicyclic) bond motifs is 6. The molecule has 2 amide bonds. The Kier molecular flexibility index (Phi) is 4.35. The molecule has 1 aromatic heterocycles. The number of nitrogens with zero attached hydrogens (tertiary/aromatic N) is 2. The van der Waals surface area contributed by atoms with Crippen LogP contribution in [0.25, 0.3) is 16.8 Å². The van der Waals surface area contributed by atoms with Gasteiger partial charge in [-0.15, -0.1) is 11.3 Å². The zero-order chi connectivity index (χ0) is 23.7. The third kappa shape index (κ3) is 2.77. The predicted octanol–water partition coefficient (Wildman–Crippen LogP) is 5.30. The Hall–Kier alpha value is -4.03. The molecular weight excluding hydrogens is 456 g/mol. The van der Waals surface area contributed by atoms with Crippen LogP contribution in [0.4, 0.5) is 5.69 Å². The molecule has 0 saturated carbocycles. The maximum Gasteiger partial charge on any atom is 0.240 e. The molecule has 4 aromatic rings. The maximum absolute atomic E-state index is 14.1. The molecule has 3 aromatic carbocycles. The Bertz CT molecular complexity index is 1550. The van der Waals surface area contributed by atoms with E-state index < -0.39 is 17.9 Å². The third-order valence-electron chi connectivity index (χ3n) is 7.50. The molecule has 35 heavy (non-hydrogen) atoms. The SMILES string of the molecule is O=C(c1cccs1)[C@@H]1[C@@H]2C(=O)N(c3cccc4ccccc34)C(=O)[C@@H]2[C@H]2c3ccccc3C=CN12. The molecule has 3 aliphatic rings. The molecule has 6 heteroatoms. The second-order valence-electron chi connectivity index (χ2n) is 9.18. The summed E-state index contributed by atoms with van der Waals surface area (Å²) in [5, 5.41) is 3.67. The van der Waals surface area contributed by atoms with Crippen LogP contribution in [0.5, 0.6) is 0 Å². The van der Waals surface area contributed by atoms with Gasteiger partial charge in [0.15, 0.2) is 5.78 Å². The van der Waals surface area contributed by atoms with Crippen molar-refractivity contribution in [2.24, 2.45) is 11.8 Å². The Balaban J connectivity index is 1.41. The minimum absolute atomic E-state index is 0.109. The zero-order valence-electron chi connectivity index (χ0n) is 18.6. The summed E-state index contributed by atoms with van der Waals surface area (Å²) >= 11 is 1.37. The number of carbonyl (C=O) groups excluding carboxylic acids is 3. The van der Waals surface area contributed by atoms with E-state index in [4.69, 9.17) is 0 Å². The van der Waals surface area contributed by atoms with Crippen LogP contribution >= 0.6 is 11.3 Å². The summed E-state index contributed by atoms with van der Waals surface area (Å²) in [6.07, 6.45) is 3.86. The van der Waals surface area contributed by atoms with E-state index in [1.165, 1.54) is 16.2 Å². The highest BCUT2D eigenvalue weighted by atomic mass is 32.1. The fraction of sp³-hybridized carbons (Fsp3) is 0.138. The molecule has 4 heterocycles. The molecule has 0 spiro atoms. The summed E-state index contributed by atoms with van der Waals surface area (Å²) < 4.78 is 0. The van der Waals surface area contributed by atoms with Crippen LogP contribution in [0, 0.1) is 11.8 Å². The number of hydrogen-bond donors (Lipinski definition) is 0. The average Bonchev–Trinajstić information content (AvgIpc) is 3.60. The summed E-state index contributed by atoms with van der Waals surface area (Å²) in [5.41, 5.74) is 2.58. The monoisotopic (exact) mass is 476 g/mol. The predicted molar refractivity (Wildman–Crippen MR) is 136 cm³/mol. The number of imide groups is 1. The van der Waals surface area contributed by atoms with Gasteiger partial charge in [-0.1, -0.05) is 66.7 Å². The van der Waals surface area contributed by atoms with Crippen LogP contribution in [-0.4, -0.2) is 28.5 Å². The number of hydrogen-bond acceptors (Lipinski definition) is 5. The largest absolute Gasteiger partial charge is 0.358 e. The quantitative estimate of drug-likeness (QED) is 0.297. The van der Waals surface area contributed by atoms with Crippen molar-refractivity contribution in [1.29, 1.82) is 0 Å². The highest BCUT2D eigenvalue weighted by Crippen LogP contribution is 2.54. The number of anilines is 1. The Labute approximate surface area is 205 Å². The van der Waals surface area contributed by atoms with E-state index in [0.717, 1.165) is 21.9 Å². The number of thiophene rings is 1. The van der Waals surface area contributed by atoms with Crippen molar-refractivity contribution < 1.29 is 14.4 Å². The van der Waals surface area contributed by atoms with Crippen molar-refractivity contribution in [1.82, 2.24) is 4.90 Å². The first kappa shape index (κ1) is 20.4. The smallest absolute Gasteiger partial charge is 0.240 e.